The van der Waals surface area contributed by atoms with Gasteiger partial charge < -0.3 is 15.4 Å². The first kappa shape index (κ1) is 18.4. The van der Waals surface area contributed by atoms with E-state index in [4.69, 9.17) is 4.74 Å². The highest BCUT2D eigenvalue weighted by Crippen LogP contribution is 2.36. The molecule has 0 saturated carbocycles. The van der Waals surface area contributed by atoms with Gasteiger partial charge in [-0.25, -0.2) is 0 Å². The Morgan fingerprint density at radius 3 is 2.58 bits per heavy atom. The molecule has 2 heterocycles. The van der Waals surface area contributed by atoms with Crippen molar-refractivity contribution < 1.29 is 4.74 Å². The summed E-state index contributed by atoms with van der Waals surface area (Å²) >= 11 is 0. The van der Waals surface area contributed by atoms with Crippen LogP contribution in [0.15, 0.2) is 53.7 Å². The Labute approximate surface area is 155 Å². The van der Waals surface area contributed by atoms with Gasteiger partial charge in [0.15, 0.2) is 5.96 Å². The van der Waals surface area contributed by atoms with Gasteiger partial charge in [-0.05, 0) is 43.0 Å². The van der Waals surface area contributed by atoms with Crippen molar-refractivity contribution in [2.75, 3.05) is 26.8 Å². The summed E-state index contributed by atoms with van der Waals surface area (Å²) in [6.07, 6.45) is 3.84. The topological polar surface area (TPSA) is 58.5 Å². The normalized spacial score (nSPS) is 16.9. The molecule has 0 atom stereocenters. The van der Waals surface area contributed by atoms with Crippen molar-refractivity contribution in [3.8, 4) is 0 Å². The zero-order chi connectivity index (χ0) is 18.2. The zero-order valence-corrected chi connectivity index (χ0v) is 15.7. The summed E-state index contributed by atoms with van der Waals surface area (Å²) in [6.45, 7) is 5.29. The smallest absolute Gasteiger partial charge is 0.191 e. The molecule has 1 aliphatic heterocycles. The molecule has 0 bridgehead atoms. The fourth-order valence-electron chi connectivity index (χ4n) is 3.62. The van der Waals surface area contributed by atoms with E-state index >= 15 is 0 Å². The molecular formula is C21H28N4O. The number of ether oxygens (including phenoxy) is 1. The van der Waals surface area contributed by atoms with Crippen molar-refractivity contribution in [1.82, 2.24) is 15.6 Å². The molecule has 3 rings (SSSR count). The first-order chi connectivity index (χ1) is 12.7. The second-order valence-electron chi connectivity index (χ2n) is 6.81. The van der Waals surface area contributed by atoms with E-state index in [1.54, 1.807) is 7.05 Å². The lowest BCUT2D eigenvalue weighted by atomic mass is 9.72. The molecule has 1 saturated heterocycles. The molecule has 0 spiro atoms. The van der Waals surface area contributed by atoms with Gasteiger partial charge in [0.2, 0.25) is 0 Å². The molecule has 0 amide bonds. The van der Waals surface area contributed by atoms with Crippen LogP contribution in [0.1, 0.15) is 29.7 Å². The van der Waals surface area contributed by atoms with Gasteiger partial charge in [-0.1, -0.05) is 30.3 Å². The molecule has 0 aliphatic carbocycles. The number of pyridine rings is 1. The number of benzene rings is 1. The summed E-state index contributed by atoms with van der Waals surface area (Å²) in [5, 5.41) is 6.89. The molecule has 2 aromatic rings. The Bertz CT molecular complexity index is 724. The van der Waals surface area contributed by atoms with Crippen LogP contribution in [0.3, 0.4) is 0 Å². The Morgan fingerprint density at radius 2 is 1.88 bits per heavy atom. The summed E-state index contributed by atoms with van der Waals surface area (Å²) in [5.41, 5.74) is 3.82. The lowest BCUT2D eigenvalue weighted by molar-refractivity contribution is 0.0512. The van der Waals surface area contributed by atoms with E-state index in [1.165, 1.54) is 11.1 Å². The van der Waals surface area contributed by atoms with Gasteiger partial charge in [-0.2, -0.15) is 0 Å². The van der Waals surface area contributed by atoms with Crippen LogP contribution in [0, 0.1) is 6.92 Å². The second kappa shape index (κ2) is 8.81. The van der Waals surface area contributed by atoms with Gasteiger partial charge in [-0.3, -0.25) is 9.98 Å². The Kier molecular flexibility index (Phi) is 6.23. The predicted octanol–water partition coefficient (Wildman–Crippen LogP) is 2.80. The van der Waals surface area contributed by atoms with Gasteiger partial charge in [0.25, 0.3) is 0 Å². The maximum atomic E-state index is 5.64. The number of rotatable bonds is 5. The van der Waals surface area contributed by atoms with Gasteiger partial charge in [0.1, 0.15) is 0 Å². The minimum absolute atomic E-state index is 0.0756. The van der Waals surface area contributed by atoms with Crippen LogP contribution in [-0.4, -0.2) is 37.7 Å². The molecule has 1 aromatic carbocycles. The maximum Gasteiger partial charge on any atom is 0.191 e. The van der Waals surface area contributed by atoms with Crippen LogP contribution in [0.5, 0.6) is 0 Å². The molecule has 5 nitrogen and oxygen atoms in total. The number of guanidine groups is 1. The number of aliphatic imine (C=N–C) groups is 1. The van der Waals surface area contributed by atoms with E-state index in [2.05, 4.69) is 51.8 Å². The van der Waals surface area contributed by atoms with Crippen molar-refractivity contribution >= 4 is 5.96 Å². The average molecular weight is 352 g/mol. The highest BCUT2D eigenvalue weighted by molar-refractivity contribution is 5.79. The van der Waals surface area contributed by atoms with Gasteiger partial charge >= 0.3 is 0 Å². The Balaban J connectivity index is 1.68. The molecule has 1 aliphatic rings. The lowest BCUT2D eigenvalue weighted by Crippen LogP contribution is -2.48. The van der Waals surface area contributed by atoms with Gasteiger partial charge in [-0.15, -0.1) is 0 Å². The van der Waals surface area contributed by atoms with Gasteiger partial charge in [0.05, 0.1) is 12.2 Å². The van der Waals surface area contributed by atoms with E-state index in [0.29, 0.717) is 6.54 Å². The van der Waals surface area contributed by atoms with Crippen molar-refractivity contribution in [2.45, 2.75) is 31.7 Å². The molecular weight excluding hydrogens is 324 g/mol. The van der Waals surface area contributed by atoms with E-state index in [-0.39, 0.29) is 5.41 Å². The maximum absolute atomic E-state index is 5.64. The van der Waals surface area contributed by atoms with E-state index < -0.39 is 0 Å². The van der Waals surface area contributed by atoms with Crippen LogP contribution in [0.4, 0.5) is 0 Å². The molecule has 138 valence electrons. The summed E-state index contributed by atoms with van der Waals surface area (Å²) in [6, 6.07) is 14.6. The largest absolute Gasteiger partial charge is 0.381 e. The molecule has 0 radical (unpaired) electrons. The summed E-state index contributed by atoms with van der Waals surface area (Å²) < 4.78 is 5.64. The number of aromatic nitrogens is 1. The number of nitrogens with zero attached hydrogens (tertiary/aromatic N) is 2. The van der Waals surface area contributed by atoms with E-state index in [9.17, 15) is 0 Å². The summed E-state index contributed by atoms with van der Waals surface area (Å²) in [7, 11) is 1.80. The fourth-order valence-corrected chi connectivity index (χ4v) is 3.62. The second-order valence-corrected chi connectivity index (χ2v) is 6.81. The standard InChI is InChI=1S/C21H28N4O/c1-17-7-3-4-9-19(17)21(10-13-26-14-11-21)16-25-20(22-2)24-15-18-8-5-6-12-23-18/h3-9,12H,10-11,13-16H2,1-2H3,(H2,22,24,25). The minimum atomic E-state index is 0.0756. The molecule has 2 N–H and O–H groups in total. The van der Waals surface area contributed by atoms with E-state index in [1.807, 2.05) is 24.4 Å². The number of hydrogen-bond donors (Lipinski definition) is 2. The molecule has 5 heteroatoms. The third-order valence-electron chi connectivity index (χ3n) is 5.15. The van der Waals surface area contributed by atoms with Crippen LogP contribution in [-0.2, 0) is 16.7 Å². The molecule has 0 unspecified atom stereocenters. The van der Waals surface area contributed by atoms with Crippen LogP contribution >= 0.6 is 0 Å². The third kappa shape index (κ3) is 4.41. The van der Waals surface area contributed by atoms with Crippen molar-refractivity contribution in [3.63, 3.8) is 0 Å². The molecule has 1 fully saturated rings. The monoisotopic (exact) mass is 352 g/mol. The Morgan fingerprint density at radius 1 is 1.12 bits per heavy atom. The van der Waals surface area contributed by atoms with Crippen LogP contribution in [0.2, 0.25) is 0 Å². The molecule has 1 aromatic heterocycles. The number of nitrogens with one attached hydrogen (secondary N) is 2. The minimum Gasteiger partial charge on any atom is -0.381 e. The van der Waals surface area contributed by atoms with Crippen molar-refractivity contribution in [3.05, 3.63) is 65.5 Å². The quantitative estimate of drug-likeness (QED) is 0.642. The molecule has 26 heavy (non-hydrogen) atoms. The lowest BCUT2D eigenvalue weighted by Gasteiger charge is -2.39. The van der Waals surface area contributed by atoms with Crippen LogP contribution in [0.25, 0.3) is 0 Å². The SMILES string of the molecule is CN=C(NCc1ccccn1)NCC1(c2ccccc2C)CCOCC1. The van der Waals surface area contributed by atoms with Gasteiger partial charge in [0, 0.05) is 38.4 Å². The van der Waals surface area contributed by atoms with Crippen LogP contribution < -0.4 is 10.6 Å². The first-order valence-electron chi connectivity index (χ1n) is 9.22. The first-order valence-corrected chi connectivity index (χ1v) is 9.22. The van der Waals surface area contributed by atoms with Crippen molar-refractivity contribution in [2.24, 2.45) is 4.99 Å². The number of hydrogen-bond acceptors (Lipinski definition) is 3. The highest BCUT2D eigenvalue weighted by atomic mass is 16.5. The van der Waals surface area contributed by atoms with Crippen molar-refractivity contribution in [1.29, 1.82) is 0 Å². The predicted molar refractivity (Wildman–Crippen MR) is 105 cm³/mol. The fraction of sp³-hybridized carbons (Fsp3) is 0.429. The Hall–Kier alpha value is -2.40. The zero-order valence-electron chi connectivity index (χ0n) is 15.7. The van der Waals surface area contributed by atoms with E-state index in [0.717, 1.165) is 44.3 Å². The third-order valence-corrected chi connectivity index (χ3v) is 5.15. The highest BCUT2D eigenvalue weighted by Gasteiger charge is 2.35. The number of aryl methyl sites for hydroxylation is 1. The summed E-state index contributed by atoms with van der Waals surface area (Å²) in [4.78, 5) is 8.72. The summed E-state index contributed by atoms with van der Waals surface area (Å²) in [5.74, 6) is 0.801. The average Bonchev–Trinajstić information content (AvgIpc) is 2.70.